The standard InChI is InChI=1S/C9H19NO/c1-8(2)5-9(10(3)4)6-11-7-9/h8H,5-7H2,1-4H3. The molecule has 0 aromatic carbocycles. The minimum Gasteiger partial charge on any atom is -0.377 e. The van der Waals surface area contributed by atoms with Crippen molar-refractivity contribution in [2.24, 2.45) is 5.92 Å². The minimum atomic E-state index is 0.355. The van der Waals surface area contributed by atoms with Crippen molar-refractivity contribution in [3.05, 3.63) is 0 Å². The van der Waals surface area contributed by atoms with Crippen molar-refractivity contribution in [2.75, 3.05) is 27.3 Å². The van der Waals surface area contributed by atoms with Gasteiger partial charge >= 0.3 is 0 Å². The maximum absolute atomic E-state index is 5.26. The average Bonchev–Trinajstić information content (AvgIpc) is 1.77. The molecule has 1 aliphatic heterocycles. The second kappa shape index (κ2) is 3.11. The van der Waals surface area contributed by atoms with Gasteiger partial charge in [-0.1, -0.05) is 13.8 Å². The number of ether oxygens (including phenoxy) is 1. The highest BCUT2D eigenvalue weighted by Crippen LogP contribution is 2.29. The number of nitrogens with zero attached hydrogens (tertiary/aromatic N) is 1. The summed E-state index contributed by atoms with van der Waals surface area (Å²) in [7, 11) is 4.29. The van der Waals surface area contributed by atoms with E-state index >= 15 is 0 Å². The van der Waals surface area contributed by atoms with Crippen molar-refractivity contribution >= 4 is 0 Å². The molecular weight excluding hydrogens is 138 g/mol. The van der Waals surface area contributed by atoms with Crippen LogP contribution in [0.15, 0.2) is 0 Å². The lowest BCUT2D eigenvalue weighted by Gasteiger charge is -2.47. The van der Waals surface area contributed by atoms with Gasteiger partial charge in [0.15, 0.2) is 0 Å². The van der Waals surface area contributed by atoms with Gasteiger partial charge in [-0.2, -0.15) is 0 Å². The third-order valence-corrected chi connectivity index (χ3v) is 2.48. The maximum Gasteiger partial charge on any atom is 0.0676 e. The Kier molecular flexibility index (Phi) is 2.55. The van der Waals surface area contributed by atoms with Crippen LogP contribution in [0.1, 0.15) is 20.3 Å². The maximum atomic E-state index is 5.26. The van der Waals surface area contributed by atoms with Crippen LogP contribution < -0.4 is 0 Å². The van der Waals surface area contributed by atoms with E-state index in [-0.39, 0.29) is 0 Å². The van der Waals surface area contributed by atoms with Crippen LogP contribution in [-0.4, -0.2) is 37.7 Å². The highest BCUT2D eigenvalue weighted by Gasteiger charge is 2.40. The highest BCUT2D eigenvalue weighted by atomic mass is 16.5. The molecule has 0 aromatic rings. The minimum absolute atomic E-state index is 0.355. The molecule has 2 heteroatoms. The summed E-state index contributed by atoms with van der Waals surface area (Å²) in [5, 5.41) is 0. The predicted octanol–water partition coefficient (Wildman–Crippen LogP) is 1.36. The molecule has 0 amide bonds. The Hall–Kier alpha value is -0.0800. The summed E-state index contributed by atoms with van der Waals surface area (Å²) < 4.78 is 5.26. The van der Waals surface area contributed by atoms with Gasteiger partial charge < -0.3 is 4.74 Å². The molecule has 1 rings (SSSR count). The van der Waals surface area contributed by atoms with Gasteiger partial charge in [-0.15, -0.1) is 0 Å². The molecule has 0 N–H and O–H groups in total. The van der Waals surface area contributed by atoms with Gasteiger partial charge in [-0.25, -0.2) is 0 Å². The Bertz CT molecular complexity index is 128. The van der Waals surface area contributed by atoms with Crippen LogP contribution >= 0.6 is 0 Å². The molecule has 2 nitrogen and oxygen atoms in total. The lowest BCUT2D eigenvalue weighted by atomic mass is 9.86. The molecule has 0 spiro atoms. The SMILES string of the molecule is CC(C)CC1(N(C)C)COC1. The van der Waals surface area contributed by atoms with E-state index < -0.39 is 0 Å². The quantitative estimate of drug-likeness (QED) is 0.613. The first kappa shape index (κ1) is 9.01. The van der Waals surface area contributed by atoms with Crippen LogP contribution in [0.25, 0.3) is 0 Å². The Labute approximate surface area is 69.5 Å². The first-order valence-corrected chi connectivity index (χ1v) is 4.32. The number of likely N-dealkylation sites (N-methyl/N-ethyl adjacent to an activating group) is 1. The van der Waals surface area contributed by atoms with Crippen molar-refractivity contribution in [1.82, 2.24) is 4.90 Å². The largest absolute Gasteiger partial charge is 0.377 e. The molecule has 1 saturated heterocycles. The van der Waals surface area contributed by atoms with Gasteiger partial charge in [-0.3, -0.25) is 4.90 Å². The van der Waals surface area contributed by atoms with Crippen molar-refractivity contribution in [2.45, 2.75) is 25.8 Å². The summed E-state index contributed by atoms with van der Waals surface area (Å²) in [6.45, 7) is 6.36. The fraction of sp³-hybridized carbons (Fsp3) is 1.00. The second-order valence-electron chi connectivity index (χ2n) is 4.21. The van der Waals surface area contributed by atoms with Crippen molar-refractivity contribution in [1.29, 1.82) is 0 Å². The number of rotatable bonds is 3. The van der Waals surface area contributed by atoms with E-state index in [9.17, 15) is 0 Å². The van der Waals surface area contributed by atoms with Crippen molar-refractivity contribution in [3.63, 3.8) is 0 Å². The molecule has 11 heavy (non-hydrogen) atoms. The predicted molar refractivity (Wildman–Crippen MR) is 46.7 cm³/mol. The summed E-state index contributed by atoms with van der Waals surface area (Å²) in [4.78, 5) is 2.30. The molecule has 1 heterocycles. The highest BCUT2D eigenvalue weighted by molar-refractivity contribution is 4.94. The van der Waals surface area contributed by atoms with Gasteiger partial charge in [0.25, 0.3) is 0 Å². The van der Waals surface area contributed by atoms with Crippen LogP contribution in [0.3, 0.4) is 0 Å². The zero-order valence-electron chi connectivity index (χ0n) is 8.05. The van der Waals surface area contributed by atoms with E-state index in [1.165, 1.54) is 6.42 Å². The van der Waals surface area contributed by atoms with E-state index in [1.54, 1.807) is 0 Å². The van der Waals surface area contributed by atoms with Gasteiger partial charge in [0.05, 0.1) is 18.8 Å². The molecule has 66 valence electrons. The Morgan fingerprint density at radius 1 is 1.36 bits per heavy atom. The summed E-state index contributed by atoms with van der Waals surface area (Å²) >= 11 is 0. The molecule has 0 saturated carbocycles. The van der Waals surface area contributed by atoms with Gasteiger partial charge in [0.2, 0.25) is 0 Å². The van der Waals surface area contributed by atoms with Crippen LogP contribution in [0.5, 0.6) is 0 Å². The van der Waals surface area contributed by atoms with Crippen LogP contribution in [0.4, 0.5) is 0 Å². The van der Waals surface area contributed by atoms with E-state index in [0.29, 0.717) is 5.54 Å². The fourth-order valence-corrected chi connectivity index (χ4v) is 1.66. The second-order valence-corrected chi connectivity index (χ2v) is 4.21. The fourth-order valence-electron chi connectivity index (χ4n) is 1.66. The van der Waals surface area contributed by atoms with Crippen molar-refractivity contribution < 1.29 is 4.74 Å². The zero-order valence-corrected chi connectivity index (χ0v) is 8.05. The third-order valence-electron chi connectivity index (χ3n) is 2.48. The molecule has 0 aromatic heterocycles. The van der Waals surface area contributed by atoms with E-state index in [1.807, 2.05) is 0 Å². The molecular formula is C9H19NO. The lowest BCUT2D eigenvalue weighted by molar-refractivity contribution is -0.133. The Balaban J connectivity index is 2.47. The first-order valence-electron chi connectivity index (χ1n) is 4.32. The average molecular weight is 157 g/mol. The molecule has 0 radical (unpaired) electrons. The van der Waals surface area contributed by atoms with Crippen molar-refractivity contribution in [3.8, 4) is 0 Å². The van der Waals surface area contributed by atoms with Crippen LogP contribution in [0.2, 0.25) is 0 Å². The molecule has 0 aliphatic carbocycles. The van der Waals surface area contributed by atoms with Crippen LogP contribution in [-0.2, 0) is 4.74 Å². The monoisotopic (exact) mass is 157 g/mol. The Morgan fingerprint density at radius 2 is 1.91 bits per heavy atom. The summed E-state index contributed by atoms with van der Waals surface area (Å²) in [5.74, 6) is 0.765. The van der Waals surface area contributed by atoms with E-state index in [2.05, 4.69) is 32.8 Å². The third kappa shape index (κ3) is 1.74. The molecule has 1 fully saturated rings. The van der Waals surface area contributed by atoms with E-state index in [4.69, 9.17) is 4.74 Å². The number of hydrogen-bond acceptors (Lipinski definition) is 2. The summed E-state index contributed by atoms with van der Waals surface area (Å²) in [5.41, 5.74) is 0.355. The lowest BCUT2D eigenvalue weighted by Crippen LogP contribution is -2.60. The van der Waals surface area contributed by atoms with Gasteiger partial charge in [0, 0.05) is 0 Å². The Morgan fingerprint density at radius 3 is 2.00 bits per heavy atom. The normalized spacial score (nSPS) is 22.4. The van der Waals surface area contributed by atoms with E-state index in [0.717, 1.165) is 19.1 Å². The molecule has 0 bridgehead atoms. The smallest absolute Gasteiger partial charge is 0.0676 e. The molecule has 0 atom stereocenters. The summed E-state index contributed by atoms with van der Waals surface area (Å²) in [6.07, 6.45) is 1.25. The first-order chi connectivity index (χ1) is 5.07. The summed E-state index contributed by atoms with van der Waals surface area (Å²) in [6, 6.07) is 0. The molecule has 0 unspecified atom stereocenters. The molecule has 1 aliphatic rings. The topological polar surface area (TPSA) is 12.5 Å². The van der Waals surface area contributed by atoms with Gasteiger partial charge in [0.1, 0.15) is 0 Å². The van der Waals surface area contributed by atoms with Crippen LogP contribution in [0, 0.1) is 5.92 Å². The number of hydrogen-bond donors (Lipinski definition) is 0. The van der Waals surface area contributed by atoms with Gasteiger partial charge in [-0.05, 0) is 26.4 Å². The zero-order chi connectivity index (χ0) is 8.48.